The third-order valence-corrected chi connectivity index (χ3v) is 8.41. The van der Waals surface area contributed by atoms with Gasteiger partial charge in [0.1, 0.15) is 12.4 Å². The average molecular weight is 542 g/mol. The number of aryl methyl sites for hydroxylation is 3. The Labute approximate surface area is 236 Å². The number of nitrogens with zero attached hydrogens (tertiary/aromatic N) is 1. The van der Waals surface area contributed by atoms with Crippen molar-refractivity contribution in [2.45, 2.75) is 76.9 Å². The molecule has 0 bridgehead atoms. The largest absolute Gasteiger partial charge is 0.489 e. The van der Waals surface area contributed by atoms with Crippen molar-refractivity contribution >= 4 is 11.9 Å². The summed E-state index contributed by atoms with van der Waals surface area (Å²) < 4.78 is 6.35. The van der Waals surface area contributed by atoms with Gasteiger partial charge in [-0.25, -0.2) is 4.79 Å². The number of hydrogen-bond donors (Lipinski definition) is 2. The lowest BCUT2D eigenvalue weighted by atomic mass is 9.90. The molecule has 0 saturated carbocycles. The van der Waals surface area contributed by atoms with Crippen LogP contribution in [0, 0.1) is 0 Å². The van der Waals surface area contributed by atoms with Crippen molar-refractivity contribution in [2.75, 3.05) is 13.1 Å². The molecule has 2 N–H and O–H groups in total. The number of carboxylic acid groups (broad SMARTS) is 2. The number of fused-ring (bicyclic) bond motifs is 2. The summed E-state index contributed by atoms with van der Waals surface area (Å²) >= 11 is 0. The van der Waals surface area contributed by atoms with Crippen molar-refractivity contribution in [3.8, 4) is 5.75 Å². The molecule has 0 amide bonds. The van der Waals surface area contributed by atoms with Crippen LogP contribution in [0.2, 0.25) is 0 Å². The van der Waals surface area contributed by atoms with Crippen LogP contribution in [0.5, 0.6) is 5.75 Å². The first-order chi connectivity index (χ1) is 19.5. The molecule has 0 fully saturated rings. The molecule has 5 rings (SSSR count). The maximum Gasteiger partial charge on any atom is 0.335 e. The number of aromatic carboxylic acids is 1. The topological polar surface area (TPSA) is 87.1 Å². The number of aliphatic carboxylic acids is 1. The zero-order chi connectivity index (χ0) is 27.9. The van der Waals surface area contributed by atoms with Crippen molar-refractivity contribution in [2.24, 2.45) is 0 Å². The van der Waals surface area contributed by atoms with Gasteiger partial charge < -0.3 is 14.9 Å². The van der Waals surface area contributed by atoms with Crippen LogP contribution < -0.4 is 4.74 Å². The minimum absolute atomic E-state index is 0.177. The summed E-state index contributed by atoms with van der Waals surface area (Å²) in [5, 5.41) is 18.5. The minimum atomic E-state index is -0.899. The number of benzene rings is 3. The highest BCUT2D eigenvalue weighted by Crippen LogP contribution is 2.37. The summed E-state index contributed by atoms with van der Waals surface area (Å²) in [4.78, 5) is 25.0. The van der Waals surface area contributed by atoms with Crippen LogP contribution in [0.15, 0.2) is 60.7 Å². The SMILES string of the molecule is O=C(O)CCCCN(CCc1ccccc1OCc1ccc2c(c1)CCCC2)C1CCc2cc(C(=O)O)ccc21. The van der Waals surface area contributed by atoms with Crippen LogP contribution in [0.1, 0.15) is 88.3 Å². The molecule has 2 aliphatic rings. The predicted octanol–water partition coefficient (Wildman–Crippen LogP) is 6.63. The molecule has 1 atom stereocenters. The van der Waals surface area contributed by atoms with Crippen LogP contribution >= 0.6 is 0 Å². The van der Waals surface area contributed by atoms with Gasteiger partial charge >= 0.3 is 11.9 Å². The van der Waals surface area contributed by atoms with E-state index in [1.165, 1.54) is 41.5 Å². The van der Waals surface area contributed by atoms with Gasteiger partial charge in [-0.3, -0.25) is 9.69 Å². The van der Waals surface area contributed by atoms with E-state index >= 15 is 0 Å². The Morgan fingerprint density at radius 3 is 2.50 bits per heavy atom. The molecule has 3 aromatic carbocycles. The summed E-state index contributed by atoms with van der Waals surface area (Å²) in [6.45, 7) is 2.17. The lowest BCUT2D eigenvalue weighted by Gasteiger charge is -2.30. The van der Waals surface area contributed by atoms with Gasteiger partial charge in [0.15, 0.2) is 0 Å². The number of carboxylic acids is 2. The van der Waals surface area contributed by atoms with Gasteiger partial charge in [-0.2, -0.15) is 0 Å². The molecular weight excluding hydrogens is 502 g/mol. The van der Waals surface area contributed by atoms with Gasteiger partial charge in [0, 0.05) is 19.0 Å². The third kappa shape index (κ3) is 6.92. The number of unbranched alkanes of at least 4 members (excludes halogenated alkanes) is 1. The fraction of sp³-hybridized carbons (Fsp3) is 0.412. The Morgan fingerprint density at radius 2 is 1.68 bits per heavy atom. The highest BCUT2D eigenvalue weighted by Gasteiger charge is 2.28. The summed E-state index contributed by atoms with van der Waals surface area (Å²) in [5.74, 6) is -0.753. The molecule has 3 aromatic rings. The van der Waals surface area contributed by atoms with Gasteiger partial charge in [0.25, 0.3) is 0 Å². The lowest BCUT2D eigenvalue weighted by molar-refractivity contribution is -0.137. The highest BCUT2D eigenvalue weighted by molar-refractivity contribution is 5.88. The molecule has 2 aliphatic carbocycles. The molecular formula is C34H39NO5. The Bertz CT molecular complexity index is 1350. The van der Waals surface area contributed by atoms with E-state index in [2.05, 4.69) is 35.2 Å². The van der Waals surface area contributed by atoms with E-state index in [0.717, 1.165) is 62.1 Å². The van der Waals surface area contributed by atoms with E-state index < -0.39 is 11.9 Å². The van der Waals surface area contributed by atoms with Crippen molar-refractivity contribution < 1.29 is 24.5 Å². The summed E-state index contributed by atoms with van der Waals surface area (Å²) in [5.41, 5.74) is 7.94. The molecule has 0 spiro atoms. The first-order valence-corrected chi connectivity index (χ1v) is 14.6. The third-order valence-electron chi connectivity index (χ3n) is 8.41. The van der Waals surface area contributed by atoms with E-state index in [0.29, 0.717) is 18.6 Å². The van der Waals surface area contributed by atoms with Crippen LogP contribution in [0.25, 0.3) is 0 Å². The zero-order valence-corrected chi connectivity index (χ0v) is 23.1. The summed E-state index contributed by atoms with van der Waals surface area (Å²) in [6.07, 6.45) is 9.12. The fourth-order valence-electron chi connectivity index (χ4n) is 6.27. The van der Waals surface area contributed by atoms with Gasteiger partial charge in [-0.05, 0) is 116 Å². The van der Waals surface area contributed by atoms with Gasteiger partial charge in [-0.1, -0.05) is 42.5 Å². The maximum absolute atomic E-state index is 11.5. The smallest absolute Gasteiger partial charge is 0.335 e. The number of rotatable bonds is 13. The van der Waals surface area contributed by atoms with E-state index in [-0.39, 0.29) is 12.5 Å². The summed E-state index contributed by atoms with van der Waals surface area (Å²) in [6, 6.07) is 20.7. The highest BCUT2D eigenvalue weighted by atomic mass is 16.5. The monoisotopic (exact) mass is 541 g/mol. The lowest BCUT2D eigenvalue weighted by Crippen LogP contribution is -2.31. The van der Waals surface area contributed by atoms with Crippen LogP contribution in [0.4, 0.5) is 0 Å². The molecule has 6 heteroatoms. The van der Waals surface area contributed by atoms with Gasteiger partial charge in [0.2, 0.25) is 0 Å². The van der Waals surface area contributed by atoms with E-state index in [9.17, 15) is 14.7 Å². The van der Waals surface area contributed by atoms with Crippen LogP contribution in [-0.2, 0) is 37.1 Å². The zero-order valence-electron chi connectivity index (χ0n) is 23.1. The molecule has 0 aliphatic heterocycles. The molecule has 0 saturated heterocycles. The quantitative estimate of drug-likeness (QED) is 0.236. The van der Waals surface area contributed by atoms with Crippen LogP contribution in [-0.4, -0.2) is 40.1 Å². The Hall–Kier alpha value is -3.64. The van der Waals surface area contributed by atoms with E-state index in [4.69, 9.17) is 9.84 Å². The molecule has 1 unspecified atom stereocenters. The second-order valence-electron chi connectivity index (χ2n) is 11.1. The predicted molar refractivity (Wildman–Crippen MR) is 155 cm³/mol. The van der Waals surface area contributed by atoms with Crippen molar-refractivity contribution in [3.05, 3.63) is 99.6 Å². The summed E-state index contributed by atoms with van der Waals surface area (Å²) in [7, 11) is 0. The maximum atomic E-state index is 11.5. The second-order valence-corrected chi connectivity index (χ2v) is 11.1. The van der Waals surface area contributed by atoms with Crippen LogP contribution in [0.3, 0.4) is 0 Å². The van der Waals surface area contributed by atoms with Crippen molar-refractivity contribution in [1.29, 1.82) is 0 Å². The Balaban J connectivity index is 1.27. The Kier molecular flexibility index (Phi) is 9.17. The number of carbonyl (C=O) groups is 2. The average Bonchev–Trinajstić information content (AvgIpc) is 3.39. The van der Waals surface area contributed by atoms with Gasteiger partial charge in [0.05, 0.1) is 5.56 Å². The fourth-order valence-corrected chi connectivity index (χ4v) is 6.27. The molecule has 6 nitrogen and oxygen atoms in total. The minimum Gasteiger partial charge on any atom is -0.489 e. The molecule has 0 radical (unpaired) electrons. The molecule has 0 aromatic heterocycles. The molecule has 0 heterocycles. The van der Waals surface area contributed by atoms with E-state index in [1.807, 2.05) is 24.3 Å². The first kappa shape index (κ1) is 27.9. The Morgan fingerprint density at radius 1 is 0.850 bits per heavy atom. The number of ether oxygens (including phenoxy) is 1. The molecule has 40 heavy (non-hydrogen) atoms. The number of hydrogen-bond acceptors (Lipinski definition) is 4. The molecule has 210 valence electrons. The second kappa shape index (κ2) is 13.1. The standard InChI is InChI=1S/C34H39NO5/c36-33(37)11-5-6-19-35(31-17-15-28-22-29(34(38)39)14-16-30(28)31)20-18-26-8-3-4-10-32(26)40-23-24-12-13-25-7-1-2-9-27(25)21-24/h3-4,8,10,12-14,16,21-22,31H,1-2,5-7,9,11,15,17-20,23H2,(H,36,37)(H,38,39). The number of para-hydroxylation sites is 1. The van der Waals surface area contributed by atoms with Gasteiger partial charge in [-0.15, -0.1) is 0 Å². The van der Waals surface area contributed by atoms with Crippen molar-refractivity contribution in [1.82, 2.24) is 4.90 Å². The normalized spacial score (nSPS) is 16.0. The van der Waals surface area contributed by atoms with E-state index in [1.54, 1.807) is 6.07 Å². The first-order valence-electron chi connectivity index (χ1n) is 14.6. The van der Waals surface area contributed by atoms with Crippen molar-refractivity contribution in [3.63, 3.8) is 0 Å².